The highest BCUT2D eigenvalue weighted by atomic mass is 16.5. The number of benzene rings is 1. The summed E-state index contributed by atoms with van der Waals surface area (Å²) in [7, 11) is 1.62. The van der Waals surface area contributed by atoms with Crippen LogP contribution in [0.15, 0.2) is 35.7 Å². The minimum atomic E-state index is 0.107. The van der Waals surface area contributed by atoms with Gasteiger partial charge in [-0.3, -0.25) is 0 Å². The van der Waals surface area contributed by atoms with Crippen LogP contribution in [-0.2, 0) is 0 Å². The third kappa shape index (κ3) is 3.49. The molecule has 0 aliphatic carbocycles. The molecule has 1 rings (SSSR count). The number of ether oxygens (including phenoxy) is 1. The molecular weight excluding hydrogens is 216 g/mol. The molecule has 4 nitrogen and oxygen atoms in total. The second-order valence-electron chi connectivity index (χ2n) is 4.01. The second-order valence-corrected chi connectivity index (χ2v) is 4.01. The summed E-state index contributed by atoms with van der Waals surface area (Å²) >= 11 is 0. The van der Waals surface area contributed by atoms with E-state index in [4.69, 9.17) is 10.1 Å². The fourth-order valence-electron chi connectivity index (χ4n) is 1.55. The zero-order chi connectivity index (χ0) is 12.8. The third-order valence-corrected chi connectivity index (χ3v) is 2.75. The van der Waals surface area contributed by atoms with Gasteiger partial charge >= 0.3 is 5.70 Å². The SMILES string of the molecule is COc1ccc(C(C)C/C(O)=C(/C)[N+]#N)cc1. The molecule has 0 saturated carbocycles. The summed E-state index contributed by atoms with van der Waals surface area (Å²) in [5.41, 5.74) is 1.36. The fourth-order valence-corrected chi connectivity index (χ4v) is 1.55. The lowest BCUT2D eigenvalue weighted by Gasteiger charge is -2.10. The fraction of sp³-hybridized carbons (Fsp3) is 0.385. The summed E-state index contributed by atoms with van der Waals surface area (Å²) in [6.07, 6.45) is 0.447. The molecule has 1 aromatic carbocycles. The number of aliphatic hydroxyl groups is 1. The molecule has 0 bridgehead atoms. The van der Waals surface area contributed by atoms with Crippen molar-refractivity contribution < 1.29 is 9.84 Å². The standard InChI is InChI=1S/C13H16N2O2/c1-9(8-13(16)10(2)15-14)11-4-6-12(17-3)7-5-11/h4-7,9H,8H2,1-3H3/p+1/b13-10+. The van der Waals surface area contributed by atoms with E-state index in [9.17, 15) is 5.11 Å². The normalized spacial score (nSPS) is 13.5. The summed E-state index contributed by atoms with van der Waals surface area (Å²) in [5.74, 6) is 1.07. The Morgan fingerprint density at radius 2 is 2.00 bits per heavy atom. The smallest absolute Gasteiger partial charge is 0.395 e. The van der Waals surface area contributed by atoms with Gasteiger partial charge in [-0.1, -0.05) is 19.1 Å². The van der Waals surface area contributed by atoms with Crippen molar-refractivity contribution in [3.8, 4) is 5.75 Å². The van der Waals surface area contributed by atoms with Gasteiger partial charge in [0.15, 0.2) is 10.7 Å². The van der Waals surface area contributed by atoms with Crippen LogP contribution in [-0.4, -0.2) is 12.2 Å². The summed E-state index contributed by atoms with van der Waals surface area (Å²) in [6.45, 7) is 3.57. The number of hydrogen-bond donors (Lipinski definition) is 1. The molecule has 0 heterocycles. The summed E-state index contributed by atoms with van der Waals surface area (Å²) in [5, 5.41) is 18.2. The Morgan fingerprint density at radius 3 is 2.47 bits per heavy atom. The molecule has 0 aliphatic rings. The molecule has 0 aromatic heterocycles. The molecule has 1 aromatic rings. The summed E-state index contributed by atoms with van der Waals surface area (Å²) in [6, 6.07) is 7.69. The zero-order valence-corrected chi connectivity index (χ0v) is 10.3. The van der Waals surface area contributed by atoms with Gasteiger partial charge in [0.25, 0.3) is 0 Å². The van der Waals surface area contributed by atoms with Crippen molar-refractivity contribution in [2.75, 3.05) is 7.11 Å². The van der Waals surface area contributed by atoms with E-state index < -0.39 is 0 Å². The highest BCUT2D eigenvalue weighted by Gasteiger charge is 2.16. The number of nitrogens with zero attached hydrogens (tertiary/aromatic N) is 2. The van der Waals surface area contributed by atoms with E-state index in [0.29, 0.717) is 6.42 Å². The minimum absolute atomic E-state index is 0.107. The van der Waals surface area contributed by atoms with Crippen molar-refractivity contribution in [2.45, 2.75) is 26.2 Å². The van der Waals surface area contributed by atoms with Crippen LogP contribution >= 0.6 is 0 Å². The van der Waals surface area contributed by atoms with Crippen molar-refractivity contribution in [2.24, 2.45) is 0 Å². The molecule has 1 unspecified atom stereocenters. The Bertz CT molecular complexity index is 443. The van der Waals surface area contributed by atoms with Gasteiger partial charge in [-0.25, -0.2) is 0 Å². The van der Waals surface area contributed by atoms with E-state index in [0.717, 1.165) is 11.3 Å². The number of allylic oxidation sites excluding steroid dienone is 2. The van der Waals surface area contributed by atoms with Crippen molar-refractivity contribution in [3.05, 3.63) is 46.3 Å². The minimum Gasteiger partial charge on any atom is -0.505 e. The van der Waals surface area contributed by atoms with Crippen LogP contribution < -0.4 is 4.74 Å². The predicted molar refractivity (Wildman–Crippen MR) is 66.4 cm³/mol. The Morgan fingerprint density at radius 1 is 1.41 bits per heavy atom. The maximum atomic E-state index is 9.65. The first kappa shape index (κ1) is 13.0. The molecule has 17 heavy (non-hydrogen) atoms. The largest absolute Gasteiger partial charge is 0.505 e. The molecule has 4 heteroatoms. The van der Waals surface area contributed by atoms with E-state index in [1.807, 2.05) is 31.2 Å². The van der Waals surface area contributed by atoms with E-state index in [1.54, 1.807) is 14.0 Å². The van der Waals surface area contributed by atoms with Crippen molar-refractivity contribution in [1.29, 1.82) is 5.39 Å². The van der Waals surface area contributed by atoms with E-state index in [1.165, 1.54) is 0 Å². The first-order valence-electron chi connectivity index (χ1n) is 5.46. The van der Waals surface area contributed by atoms with Crippen molar-refractivity contribution in [3.63, 3.8) is 0 Å². The molecule has 0 spiro atoms. The first-order chi connectivity index (χ1) is 8.08. The molecular formula is C13H17N2O2+. The van der Waals surface area contributed by atoms with Gasteiger partial charge in [-0.05, 0) is 23.6 Å². The zero-order valence-electron chi connectivity index (χ0n) is 10.3. The van der Waals surface area contributed by atoms with E-state index in [2.05, 4.69) is 4.98 Å². The lowest BCUT2D eigenvalue weighted by atomic mass is 9.96. The highest BCUT2D eigenvalue weighted by molar-refractivity contribution is 5.30. The maximum Gasteiger partial charge on any atom is 0.395 e. The maximum absolute atomic E-state index is 9.65. The second kappa shape index (κ2) is 5.90. The average molecular weight is 233 g/mol. The topological polar surface area (TPSA) is 57.6 Å². The number of methoxy groups -OCH3 is 1. The molecule has 0 aliphatic heterocycles. The van der Waals surface area contributed by atoms with Crippen LogP contribution in [0.4, 0.5) is 0 Å². The van der Waals surface area contributed by atoms with Gasteiger partial charge in [-0.15, -0.1) is 0 Å². The van der Waals surface area contributed by atoms with Crippen molar-refractivity contribution >= 4 is 0 Å². The predicted octanol–water partition coefficient (Wildman–Crippen LogP) is 3.83. The monoisotopic (exact) mass is 233 g/mol. The number of diazo groups is 1. The summed E-state index contributed by atoms with van der Waals surface area (Å²) < 4.78 is 5.08. The van der Waals surface area contributed by atoms with Crippen LogP contribution in [0.5, 0.6) is 5.75 Å². The summed E-state index contributed by atoms with van der Waals surface area (Å²) in [4.78, 5) is 2.97. The van der Waals surface area contributed by atoms with Crippen LogP contribution in [0.25, 0.3) is 4.98 Å². The Hall–Kier alpha value is -2.02. The molecule has 0 amide bonds. The van der Waals surface area contributed by atoms with Crippen LogP contribution in [0.1, 0.15) is 31.7 Å². The van der Waals surface area contributed by atoms with Gasteiger partial charge in [0.1, 0.15) is 5.75 Å². The molecule has 1 atom stereocenters. The Balaban J connectivity index is 2.77. The molecule has 0 radical (unpaired) electrons. The molecule has 0 saturated heterocycles. The van der Waals surface area contributed by atoms with Gasteiger partial charge in [0.2, 0.25) is 5.39 Å². The van der Waals surface area contributed by atoms with Crippen LogP contribution in [0.3, 0.4) is 0 Å². The van der Waals surface area contributed by atoms with E-state index >= 15 is 0 Å². The van der Waals surface area contributed by atoms with Crippen LogP contribution in [0, 0.1) is 5.39 Å². The average Bonchev–Trinajstić information content (AvgIpc) is 2.37. The number of rotatable bonds is 4. The van der Waals surface area contributed by atoms with Gasteiger partial charge in [-0.2, -0.15) is 0 Å². The van der Waals surface area contributed by atoms with E-state index in [-0.39, 0.29) is 17.4 Å². The van der Waals surface area contributed by atoms with Gasteiger partial charge < -0.3 is 9.84 Å². The molecule has 90 valence electrons. The number of aliphatic hydroxyl groups excluding tert-OH is 1. The highest BCUT2D eigenvalue weighted by Crippen LogP contribution is 2.25. The Kier molecular flexibility index (Phi) is 4.53. The lowest BCUT2D eigenvalue weighted by molar-refractivity contribution is 0.372. The van der Waals surface area contributed by atoms with Crippen LogP contribution in [0.2, 0.25) is 0 Å². The van der Waals surface area contributed by atoms with Gasteiger partial charge in [0.05, 0.1) is 7.11 Å². The third-order valence-electron chi connectivity index (χ3n) is 2.75. The Labute approximate surface area is 101 Å². The van der Waals surface area contributed by atoms with Crippen molar-refractivity contribution in [1.82, 2.24) is 0 Å². The number of hydrogen-bond acceptors (Lipinski definition) is 3. The first-order valence-corrected chi connectivity index (χ1v) is 5.46. The lowest BCUT2D eigenvalue weighted by Crippen LogP contribution is -1.97. The van der Waals surface area contributed by atoms with Gasteiger partial charge in [0, 0.05) is 13.3 Å². The molecule has 1 N–H and O–H groups in total. The quantitative estimate of drug-likeness (QED) is 0.635. The molecule has 0 fully saturated rings.